The maximum Gasteiger partial charge on any atom is 0.263 e. The minimum absolute atomic E-state index is 0.0593. The van der Waals surface area contributed by atoms with Crippen molar-refractivity contribution >= 4 is 0 Å². The van der Waals surface area contributed by atoms with Crippen LogP contribution in [-0.4, -0.2) is 16.8 Å². The van der Waals surface area contributed by atoms with Gasteiger partial charge in [0.1, 0.15) is 5.75 Å². The zero-order chi connectivity index (χ0) is 10.7. The van der Waals surface area contributed by atoms with Crippen molar-refractivity contribution in [3.63, 3.8) is 0 Å². The van der Waals surface area contributed by atoms with Gasteiger partial charge in [0.05, 0.1) is 0 Å². The van der Waals surface area contributed by atoms with E-state index in [1.807, 2.05) is 0 Å². The number of benzene rings is 1. The third-order valence-corrected chi connectivity index (χ3v) is 2.11. The average molecular weight is 202 g/mol. The molecule has 2 nitrogen and oxygen atoms in total. The predicted octanol–water partition coefficient (Wildman–Crippen LogP) is 2.43. The highest BCUT2D eigenvalue weighted by atomic mass is 19.3. The second kappa shape index (κ2) is 4.37. The molecule has 0 aromatic heterocycles. The van der Waals surface area contributed by atoms with Gasteiger partial charge in [-0.05, 0) is 23.8 Å². The van der Waals surface area contributed by atoms with E-state index in [0.717, 1.165) is 0 Å². The van der Waals surface area contributed by atoms with E-state index in [-0.39, 0.29) is 23.8 Å². The minimum atomic E-state index is -2.56. The molecule has 78 valence electrons. The van der Waals surface area contributed by atoms with E-state index in [4.69, 9.17) is 5.11 Å². The molecule has 4 heteroatoms. The van der Waals surface area contributed by atoms with Crippen molar-refractivity contribution < 1.29 is 19.0 Å². The fraction of sp³-hybridized carbons (Fsp3) is 0.400. The van der Waals surface area contributed by atoms with E-state index < -0.39 is 6.43 Å². The Hall–Kier alpha value is -1.16. The van der Waals surface area contributed by atoms with Gasteiger partial charge in [-0.25, -0.2) is 8.78 Å². The minimum Gasteiger partial charge on any atom is -0.508 e. The van der Waals surface area contributed by atoms with Gasteiger partial charge < -0.3 is 10.2 Å². The Morgan fingerprint density at radius 2 is 2.00 bits per heavy atom. The van der Waals surface area contributed by atoms with Crippen LogP contribution in [0.4, 0.5) is 8.78 Å². The van der Waals surface area contributed by atoms with Crippen LogP contribution in [0.3, 0.4) is 0 Å². The smallest absolute Gasteiger partial charge is 0.263 e. The second-order valence-electron chi connectivity index (χ2n) is 3.20. The van der Waals surface area contributed by atoms with Crippen LogP contribution < -0.4 is 0 Å². The predicted molar refractivity (Wildman–Crippen MR) is 48.6 cm³/mol. The fourth-order valence-electron chi connectivity index (χ4n) is 1.20. The zero-order valence-electron chi connectivity index (χ0n) is 7.74. The number of phenolic OH excluding ortho intramolecular Hbond substituents is 1. The molecule has 14 heavy (non-hydrogen) atoms. The van der Waals surface area contributed by atoms with Crippen LogP contribution in [0.2, 0.25) is 0 Å². The van der Waals surface area contributed by atoms with Crippen molar-refractivity contribution in [3.05, 3.63) is 29.3 Å². The summed E-state index contributed by atoms with van der Waals surface area (Å²) in [6.45, 7) is 1.48. The molecule has 0 saturated heterocycles. The fourth-order valence-corrected chi connectivity index (χ4v) is 1.20. The molecule has 1 unspecified atom stereocenters. The van der Waals surface area contributed by atoms with Crippen LogP contribution in [0.1, 0.15) is 30.4 Å². The first-order valence-electron chi connectivity index (χ1n) is 4.28. The van der Waals surface area contributed by atoms with Crippen LogP contribution in [0.25, 0.3) is 0 Å². The van der Waals surface area contributed by atoms with Crippen LogP contribution in [0, 0.1) is 0 Å². The molecule has 0 aliphatic carbocycles. The largest absolute Gasteiger partial charge is 0.508 e. The number of halogens is 2. The van der Waals surface area contributed by atoms with E-state index in [2.05, 4.69) is 0 Å². The number of alkyl halides is 2. The maximum atomic E-state index is 12.3. The highest BCUT2D eigenvalue weighted by molar-refractivity contribution is 5.38. The van der Waals surface area contributed by atoms with Crippen molar-refractivity contribution in [2.24, 2.45) is 0 Å². The quantitative estimate of drug-likeness (QED) is 0.790. The standard InChI is InChI=1S/C10H12F2O2/c1-6(5-13)8-4-7(10(11)12)2-3-9(8)14/h2-4,6,10,13-14H,5H2,1H3. The molecular weight excluding hydrogens is 190 g/mol. The summed E-state index contributed by atoms with van der Waals surface area (Å²) in [7, 11) is 0. The molecule has 1 aromatic rings. The molecule has 0 radical (unpaired) electrons. The molecule has 0 aliphatic rings. The summed E-state index contributed by atoms with van der Waals surface area (Å²) in [6.07, 6.45) is -2.56. The molecule has 1 aromatic carbocycles. The van der Waals surface area contributed by atoms with Crippen molar-refractivity contribution in [1.29, 1.82) is 0 Å². The number of rotatable bonds is 3. The van der Waals surface area contributed by atoms with E-state index in [1.54, 1.807) is 6.92 Å². The van der Waals surface area contributed by atoms with Crippen molar-refractivity contribution in [2.75, 3.05) is 6.61 Å². The van der Waals surface area contributed by atoms with Crippen LogP contribution in [0.15, 0.2) is 18.2 Å². The third-order valence-electron chi connectivity index (χ3n) is 2.11. The van der Waals surface area contributed by atoms with E-state index in [1.165, 1.54) is 18.2 Å². The number of hydrogen-bond donors (Lipinski definition) is 2. The number of aromatic hydroxyl groups is 1. The molecule has 2 N–H and O–H groups in total. The lowest BCUT2D eigenvalue weighted by atomic mass is 9.99. The number of hydrogen-bond acceptors (Lipinski definition) is 2. The Morgan fingerprint density at radius 1 is 1.36 bits per heavy atom. The van der Waals surface area contributed by atoms with Gasteiger partial charge in [0.25, 0.3) is 6.43 Å². The summed E-state index contributed by atoms with van der Waals surface area (Å²) in [5, 5.41) is 18.2. The summed E-state index contributed by atoms with van der Waals surface area (Å²) in [5.41, 5.74) is 0.211. The number of aliphatic hydroxyl groups excluding tert-OH is 1. The van der Waals surface area contributed by atoms with Gasteiger partial charge in [-0.15, -0.1) is 0 Å². The Morgan fingerprint density at radius 3 is 2.50 bits per heavy atom. The van der Waals surface area contributed by atoms with Crippen LogP contribution >= 0.6 is 0 Å². The lowest BCUT2D eigenvalue weighted by molar-refractivity contribution is 0.151. The molecule has 0 heterocycles. The van der Waals surface area contributed by atoms with Crippen molar-refractivity contribution in [3.8, 4) is 5.75 Å². The van der Waals surface area contributed by atoms with Gasteiger partial charge in [0.2, 0.25) is 0 Å². The highest BCUT2D eigenvalue weighted by Crippen LogP contribution is 2.29. The third kappa shape index (κ3) is 2.20. The summed E-state index contributed by atoms with van der Waals surface area (Å²) in [4.78, 5) is 0. The van der Waals surface area contributed by atoms with Gasteiger partial charge in [0.15, 0.2) is 0 Å². The lowest BCUT2D eigenvalue weighted by Crippen LogP contribution is -2.00. The first kappa shape index (κ1) is 10.9. The first-order chi connectivity index (χ1) is 6.56. The summed E-state index contributed by atoms with van der Waals surface area (Å²) in [5.74, 6) is -0.398. The first-order valence-corrected chi connectivity index (χ1v) is 4.28. The molecular formula is C10H12F2O2. The normalized spacial score (nSPS) is 13.2. The molecule has 0 aliphatic heterocycles. The molecule has 1 atom stereocenters. The second-order valence-corrected chi connectivity index (χ2v) is 3.20. The number of aliphatic hydroxyl groups is 1. The maximum absolute atomic E-state index is 12.3. The van der Waals surface area contributed by atoms with Crippen molar-refractivity contribution in [1.82, 2.24) is 0 Å². The molecule has 0 spiro atoms. The van der Waals surface area contributed by atoms with Gasteiger partial charge in [-0.2, -0.15) is 0 Å². The van der Waals surface area contributed by atoms with Crippen LogP contribution in [-0.2, 0) is 0 Å². The molecule has 0 bridgehead atoms. The molecule has 0 saturated carbocycles. The molecule has 1 rings (SSSR count). The summed E-state index contributed by atoms with van der Waals surface area (Å²) in [6, 6.07) is 3.62. The Labute approximate surface area is 80.8 Å². The Bertz CT molecular complexity index is 313. The van der Waals surface area contributed by atoms with Gasteiger partial charge >= 0.3 is 0 Å². The lowest BCUT2D eigenvalue weighted by Gasteiger charge is -2.12. The van der Waals surface area contributed by atoms with Crippen LogP contribution in [0.5, 0.6) is 5.75 Å². The van der Waals surface area contributed by atoms with E-state index in [0.29, 0.717) is 5.56 Å². The number of phenols is 1. The summed E-state index contributed by atoms with van der Waals surface area (Å²) < 4.78 is 24.6. The van der Waals surface area contributed by atoms with Gasteiger partial charge in [0, 0.05) is 18.1 Å². The highest BCUT2D eigenvalue weighted by Gasteiger charge is 2.14. The van der Waals surface area contributed by atoms with E-state index >= 15 is 0 Å². The van der Waals surface area contributed by atoms with Crippen molar-refractivity contribution in [2.45, 2.75) is 19.3 Å². The topological polar surface area (TPSA) is 40.5 Å². The molecule has 0 amide bonds. The van der Waals surface area contributed by atoms with Gasteiger partial charge in [-0.3, -0.25) is 0 Å². The monoisotopic (exact) mass is 202 g/mol. The molecule has 0 fully saturated rings. The Balaban J connectivity index is 3.08. The van der Waals surface area contributed by atoms with E-state index in [9.17, 15) is 13.9 Å². The zero-order valence-corrected chi connectivity index (χ0v) is 7.74. The Kier molecular flexibility index (Phi) is 3.41. The SMILES string of the molecule is CC(CO)c1cc(C(F)F)ccc1O. The van der Waals surface area contributed by atoms with Gasteiger partial charge in [-0.1, -0.05) is 6.92 Å². The average Bonchev–Trinajstić information content (AvgIpc) is 2.17. The summed E-state index contributed by atoms with van der Waals surface area (Å²) >= 11 is 0.